The molecule has 0 atom stereocenters. The Kier molecular flexibility index (Phi) is 8.97. The maximum absolute atomic E-state index is 11.1. The monoisotopic (exact) mass is 226 g/mol. The van der Waals surface area contributed by atoms with Crippen LogP contribution in [-0.4, -0.2) is 25.2 Å². The zero-order valence-corrected chi connectivity index (χ0v) is 9.77. The second-order valence-corrected chi connectivity index (χ2v) is 3.00. The van der Waals surface area contributed by atoms with Crippen molar-refractivity contribution >= 4 is 11.9 Å². The van der Waals surface area contributed by atoms with Crippen LogP contribution >= 0.6 is 0 Å². The summed E-state index contributed by atoms with van der Waals surface area (Å²) in [5, 5.41) is 0. The van der Waals surface area contributed by atoms with Crippen molar-refractivity contribution in [2.75, 3.05) is 13.2 Å². The third kappa shape index (κ3) is 8.99. The van der Waals surface area contributed by atoms with Crippen LogP contribution in [0.1, 0.15) is 26.7 Å². The van der Waals surface area contributed by atoms with Crippen molar-refractivity contribution in [1.29, 1.82) is 0 Å². The summed E-state index contributed by atoms with van der Waals surface area (Å²) >= 11 is 0. The average molecular weight is 226 g/mol. The van der Waals surface area contributed by atoms with Gasteiger partial charge in [-0.15, -0.1) is 0 Å². The van der Waals surface area contributed by atoms with E-state index in [0.717, 1.165) is 0 Å². The minimum Gasteiger partial charge on any atom is -0.461 e. The highest BCUT2D eigenvalue weighted by Gasteiger charge is 2.07. The molecule has 0 unspecified atom stereocenters. The molecule has 0 aliphatic heterocycles. The Labute approximate surface area is 95.9 Å². The van der Waals surface area contributed by atoms with Gasteiger partial charge in [0.1, 0.15) is 13.2 Å². The first kappa shape index (κ1) is 14.4. The Morgan fingerprint density at radius 1 is 0.875 bits per heavy atom. The van der Waals surface area contributed by atoms with Gasteiger partial charge in [0, 0.05) is 0 Å². The third-order valence-electron chi connectivity index (χ3n) is 1.69. The molecule has 0 aromatic carbocycles. The topological polar surface area (TPSA) is 52.6 Å². The van der Waals surface area contributed by atoms with Gasteiger partial charge in [0.2, 0.25) is 0 Å². The van der Waals surface area contributed by atoms with Gasteiger partial charge < -0.3 is 9.47 Å². The maximum atomic E-state index is 11.1. The average Bonchev–Trinajstić information content (AvgIpc) is 2.27. The van der Waals surface area contributed by atoms with E-state index in [1.54, 1.807) is 24.3 Å². The maximum Gasteiger partial charge on any atom is 0.306 e. The highest BCUT2D eigenvalue weighted by atomic mass is 16.5. The molecule has 0 fully saturated rings. The molecule has 0 N–H and O–H groups in total. The SMILES string of the molecule is CC=CCOC(=O)CCC(=O)OCC=CC. The Bertz CT molecular complexity index is 238. The summed E-state index contributed by atoms with van der Waals surface area (Å²) in [7, 11) is 0. The van der Waals surface area contributed by atoms with Gasteiger partial charge in [0.25, 0.3) is 0 Å². The number of carbonyl (C=O) groups is 2. The molecule has 4 nitrogen and oxygen atoms in total. The normalized spacial score (nSPS) is 10.9. The lowest BCUT2D eigenvalue weighted by atomic mass is 10.3. The summed E-state index contributed by atoms with van der Waals surface area (Å²) < 4.78 is 9.62. The second-order valence-electron chi connectivity index (χ2n) is 3.00. The standard InChI is InChI=1S/C12H18O4/c1-3-5-9-15-11(13)7-8-12(14)16-10-6-4-2/h3-6H,7-10H2,1-2H3. The Hall–Kier alpha value is -1.58. The summed E-state index contributed by atoms with van der Waals surface area (Å²) in [6.45, 7) is 4.19. The van der Waals surface area contributed by atoms with Crippen molar-refractivity contribution in [1.82, 2.24) is 0 Å². The highest BCUT2D eigenvalue weighted by Crippen LogP contribution is 1.96. The van der Waals surface area contributed by atoms with E-state index in [1.807, 2.05) is 13.8 Å². The molecule has 0 heterocycles. The molecule has 16 heavy (non-hydrogen) atoms. The summed E-state index contributed by atoms with van der Waals surface area (Å²) in [6.07, 6.45) is 7.15. The van der Waals surface area contributed by atoms with Crippen LogP contribution in [0.3, 0.4) is 0 Å². The van der Waals surface area contributed by atoms with Crippen molar-refractivity contribution < 1.29 is 19.1 Å². The van der Waals surface area contributed by atoms with Gasteiger partial charge in [-0.3, -0.25) is 9.59 Å². The first-order valence-corrected chi connectivity index (χ1v) is 5.24. The Morgan fingerprint density at radius 3 is 1.56 bits per heavy atom. The van der Waals surface area contributed by atoms with Crippen LogP contribution in [0.4, 0.5) is 0 Å². The van der Waals surface area contributed by atoms with E-state index in [0.29, 0.717) is 0 Å². The number of esters is 2. The minimum atomic E-state index is -0.388. The van der Waals surface area contributed by atoms with Crippen LogP contribution < -0.4 is 0 Å². The fourth-order valence-electron chi connectivity index (χ4n) is 0.823. The number of hydrogen-bond donors (Lipinski definition) is 0. The molecule has 4 heteroatoms. The van der Waals surface area contributed by atoms with E-state index in [4.69, 9.17) is 9.47 Å². The van der Waals surface area contributed by atoms with Crippen LogP contribution in [0, 0.1) is 0 Å². The van der Waals surface area contributed by atoms with E-state index in [9.17, 15) is 9.59 Å². The van der Waals surface area contributed by atoms with E-state index >= 15 is 0 Å². The lowest BCUT2D eigenvalue weighted by molar-refractivity contribution is -0.149. The van der Waals surface area contributed by atoms with E-state index < -0.39 is 0 Å². The number of hydrogen-bond acceptors (Lipinski definition) is 4. The molecule has 0 rings (SSSR count). The second kappa shape index (κ2) is 9.96. The zero-order valence-electron chi connectivity index (χ0n) is 9.77. The summed E-state index contributed by atoms with van der Waals surface area (Å²) in [6, 6.07) is 0. The largest absolute Gasteiger partial charge is 0.461 e. The number of carbonyl (C=O) groups excluding carboxylic acids is 2. The van der Waals surface area contributed by atoms with Gasteiger partial charge in [0.05, 0.1) is 12.8 Å². The van der Waals surface area contributed by atoms with Crippen molar-refractivity contribution in [2.24, 2.45) is 0 Å². The Balaban J connectivity index is 3.54. The zero-order chi connectivity index (χ0) is 12.2. The van der Waals surface area contributed by atoms with Crippen molar-refractivity contribution in [3.05, 3.63) is 24.3 Å². The summed E-state index contributed by atoms with van der Waals surface area (Å²) in [5.41, 5.74) is 0. The molecule has 0 saturated heterocycles. The molecule has 0 spiro atoms. The van der Waals surface area contributed by atoms with Crippen LogP contribution in [0.5, 0.6) is 0 Å². The van der Waals surface area contributed by atoms with E-state index in [2.05, 4.69) is 0 Å². The molecule has 0 aliphatic carbocycles. The van der Waals surface area contributed by atoms with Gasteiger partial charge in [-0.1, -0.05) is 24.3 Å². The van der Waals surface area contributed by atoms with Gasteiger partial charge in [-0.05, 0) is 13.8 Å². The number of rotatable bonds is 7. The molecule has 90 valence electrons. The molecule has 0 amide bonds. The Morgan fingerprint density at radius 2 is 1.25 bits per heavy atom. The molecule has 0 aromatic heterocycles. The molecule has 0 bridgehead atoms. The predicted molar refractivity (Wildman–Crippen MR) is 60.8 cm³/mol. The number of ether oxygens (including phenoxy) is 2. The fraction of sp³-hybridized carbons (Fsp3) is 0.500. The smallest absolute Gasteiger partial charge is 0.306 e. The first-order valence-electron chi connectivity index (χ1n) is 5.24. The quantitative estimate of drug-likeness (QED) is 0.492. The van der Waals surface area contributed by atoms with Crippen LogP contribution in [0.25, 0.3) is 0 Å². The van der Waals surface area contributed by atoms with Crippen LogP contribution in [0.2, 0.25) is 0 Å². The molecule has 0 aliphatic rings. The van der Waals surface area contributed by atoms with Crippen LogP contribution in [-0.2, 0) is 19.1 Å². The fourth-order valence-corrected chi connectivity index (χ4v) is 0.823. The van der Waals surface area contributed by atoms with Crippen molar-refractivity contribution in [2.45, 2.75) is 26.7 Å². The lowest BCUT2D eigenvalue weighted by Crippen LogP contribution is -2.10. The first-order chi connectivity index (χ1) is 7.70. The van der Waals surface area contributed by atoms with Gasteiger partial charge >= 0.3 is 11.9 Å². The molecule has 0 radical (unpaired) electrons. The molecule has 0 saturated carbocycles. The van der Waals surface area contributed by atoms with E-state index in [1.165, 1.54) is 0 Å². The van der Waals surface area contributed by atoms with Gasteiger partial charge in [0.15, 0.2) is 0 Å². The summed E-state index contributed by atoms with van der Waals surface area (Å²) in [5.74, 6) is -0.776. The molecular weight excluding hydrogens is 208 g/mol. The third-order valence-corrected chi connectivity index (χ3v) is 1.69. The van der Waals surface area contributed by atoms with Crippen molar-refractivity contribution in [3.63, 3.8) is 0 Å². The van der Waals surface area contributed by atoms with Crippen molar-refractivity contribution in [3.8, 4) is 0 Å². The highest BCUT2D eigenvalue weighted by molar-refractivity contribution is 5.77. The predicted octanol–water partition coefficient (Wildman–Crippen LogP) is 2.01. The lowest BCUT2D eigenvalue weighted by Gasteiger charge is -2.02. The van der Waals surface area contributed by atoms with Gasteiger partial charge in [-0.2, -0.15) is 0 Å². The summed E-state index contributed by atoms with van der Waals surface area (Å²) in [4.78, 5) is 22.1. The minimum absolute atomic E-state index is 0.0617. The van der Waals surface area contributed by atoms with Crippen LogP contribution in [0.15, 0.2) is 24.3 Å². The number of allylic oxidation sites excluding steroid dienone is 2. The van der Waals surface area contributed by atoms with Gasteiger partial charge in [-0.25, -0.2) is 0 Å². The van der Waals surface area contributed by atoms with E-state index in [-0.39, 0.29) is 38.0 Å². The molecular formula is C12H18O4. The molecule has 0 aromatic rings.